The van der Waals surface area contributed by atoms with Gasteiger partial charge >= 0.3 is 0 Å². The highest BCUT2D eigenvalue weighted by molar-refractivity contribution is 8.00. The molecular formula is C35H28FN3O2S. The van der Waals surface area contributed by atoms with Crippen molar-refractivity contribution in [2.45, 2.75) is 23.6 Å². The van der Waals surface area contributed by atoms with Gasteiger partial charge in [-0.2, -0.15) is 0 Å². The fourth-order valence-corrected chi connectivity index (χ4v) is 6.16. The zero-order chi connectivity index (χ0) is 29.1. The second-order valence-electron chi connectivity index (χ2n) is 9.88. The summed E-state index contributed by atoms with van der Waals surface area (Å²) in [7, 11) is 0. The number of aromatic nitrogens is 1. The Bertz CT molecular complexity index is 1880. The van der Waals surface area contributed by atoms with Gasteiger partial charge in [0.05, 0.1) is 0 Å². The van der Waals surface area contributed by atoms with E-state index in [1.54, 1.807) is 12.1 Å². The van der Waals surface area contributed by atoms with Crippen LogP contribution >= 0.6 is 11.8 Å². The van der Waals surface area contributed by atoms with E-state index in [1.807, 2.05) is 66.7 Å². The number of fused-ring (bicyclic) bond motifs is 3. The Kier molecular flexibility index (Phi) is 7.75. The number of amides is 2. The number of thioether (sulfide) groups is 1. The van der Waals surface area contributed by atoms with Crippen molar-refractivity contribution in [3.05, 3.63) is 138 Å². The molecular weight excluding hydrogens is 545 g/mol. The molecule has 0 radical (unpaired) electrons. The summed E-state index contributed by atoms with van der Waals surface area (Å²) < 4.78 is 15.5. The summed E-state index contributed by atoms with van der Waals surface area (Å²) in [4.78, 5) is 27.1. The van der Waals surface area contributed by atoms with E-state index >= 15 is 0 Å². The zero-order valence-corrected chi connectivity index (χ0v) is 23.7. The van der Waals surface area contributed by atoms with Gasteiger partial charge in [0, 0.05) is 50.2 Å². The van der Waals surface area contributed by atoms with Gasteiger partial charge in [-0.05, 0) is 85.3 Å². The molecule has 0 aliphatic rings. The number of hydrogen-bond donors (Lipinski definition) is 2. The number of halogens is 1. The van der Waals surface area contributed by atoms with E-state index in [-0.39, 0.29) is 11.8 Å². The summed E-state index contributed by atoms with van der Waals surface area (Å²) in [6.45, 7) is 2.99. The van der Waals surface area contributed by atoms with Crippen LogP contribution in [0, 0.1) is 5.82 Å². The van der Waals surface area contributed by atoms with Crippen LogP contribution in [0.3, 0.4) is 0 Å². The Balaban J connectivity index is 1.22. The second kappa shape index (κ2) is 11.9. The van der Waals surface area contributed by atoms with Crippen LogP contribution in [0.4, 0.5) is 15.8 Å². The highest BCUT2D eigenvalue weighted by atomic mass is 32.2. The smallest absolute Gasteiger partial charge is 0.255 e. The van der Waals surface area contributed by atoms with Crippen molar-refractivity contribution in [2.75, 3.05) is 10.6 Å². The van der Waals surface area contributed by atoms with Gasteiger partial charge in [-0.15, -0.1) is 11.8 Å². The minimum atomic E-state index is -0.501. The van der Waals surface area contributed by atoms with Crippen molar-refractivity contribution in [3.63, 3.8) is 0 Å². The molecule has 7 heteroatoms. The average Bonchev–Trinajstić information content (AvgIpc) is 3.34. The third-order valence-corrected chi connectivity index (χ3v) is 8.44. The predicted molar refractivity (Wildman–Crippen MR) is 170 cm³/mol. The van der Waals surface area contributed by atoms with Gasteiger partial charge in [0.1, 0.15) is 11.1 Å². The van der Waals surface area contributed by atoms with Gasteiger partial charge in [-0.25, -0.2) is 4.39 Å². The maximum absolute atomic E-state index is 13.8. The molecule has 42 heavy (non-hydrogen) atoms. The Morgan fingerprint density at radius 1 is 0.738 bits per heavy atom. The number of para-hydroxylation sites is 1. The molecule has 0 fully saturated rings. The molecule has 6 rings (SSSR count). The Hall–Kier alpha value is -4.88. The van der Waals surface area contributed by atoms with Crippen molar-refractivity contribution in [3.8, 4) is 0 Å². The molecule has 6 aromatic rings. The van der Waals surface area contributed by atoms with Crippen molar-refractivity contribution in [1.29, 1.82) is 0 Å². The van der Waals surface area contributed by atoms with Crippen LogP contribution in [0.25, 0.3) is 21.8 Å². The van der Waals surface area contributed by atoms with E-state index in [0.29, 0.717) is 11.3 Å². The lowest BCUT2D eigenvalue weighted by Gasteiger charge is -2.18. The van der Waals surface area contributed by atoms with Crippen LogP contribution in [0.1, 0.15) is 28.1 Å². The summed E-state index contributed by atoms with van der Waals surface area (Å²) in [5, 5.41) is 7.74. The van der Waals surface area contributed by atoms with Crippen molar-refractivity contribution >= 4 is 56.8 Å². The van der Waals surface area contributed by atoms with Crippen LogP contribution in [0.15, 0.2) is 126 Å². The molecule has 0 aliphatic heterocycles. The molecule has 0 spiro atoms. The van der Waals surface area contributed by atoms with Crippen molar-refractivity contribution < 1.29 is 14.0 Å². The SMILES string of the molecule is CCn1c2ccccc2c2cc(NC(=O)C(Sc3ccc(NC(=O)c4ccc(F)cc4)cc3)c3ccccc3)ccc21. The second-order valence-corrected chi connectivity index (χ2v) is 11.1. The molecule has 0 saturated heterocycles. The maximum Gasteiger partial charge on any atom is 0.255 e. The highest BCUT2D eigenvalue weighted by Gasteiger charge is 2.23. The van der Waals surface area contributed by atoms with E-state index < -0.39 is 11.1 Å². The van der Waals surface area contributed by atoms with E-state index in [1.165, 1.54) is 41.5 Å². The number of nitrogens with zero attached hydrogens (tertiary/aromatic N) is 1. The number of nitrogens with one attached hydrogen (secondary N) is 2. The molecule has 1 unspecified atom stereocenters. The van der Waals surface area contributed by atoms with Gasteiger partial charge in [-0.3, -0.25) is 9.59 Å². The molecule has 2 amide bonds. The number of rotatable bonds is 8. The van der Waals surface area contributed by atoms with E-state index in [9.17, 15) is 14.0 Å². The summed E-state index contributed by atoms with van der Waals surface area (Å²) in [5.74, 6) is -0.844. The molecule has 1 heterocycles. The maximum atomic E-state index is 13.8. The lowest BCUT2D eigenvalue weighted by Crippen LogP contribution is -2.19. The fourth-order valence-electron chi connectivity index (χ4n) is 5.14. The van der Waals surface area contributed by atoms with Crippen molar-refractivity contribution in [1.82, 2.24) is 4.57 Å². The predicted octanol–water partition coefficient (Wildman–Crippen LogP) is 8.68. The standard InChI is InChI=1S/C35H28FN3O2S/c1-2-39-31-11-7-6-10-29(31)30-22-27(18-21-32(30)39)38-35(41)33(23-8-4-3-5-9-23)42-28-19-16-26(17-20-28)37-34(40)24-12-14-25(36)15-13-24/h3-22,33H,2H2,1H3,(H,37,40)(H,38,41). The van der Waals surface area contributed by atoms with Gasteiger partial charge in [0.2, 0.25) is 5.91 Å². The Labute approximate surface area is 247 Å². The third-order valence-electron chi connectivity index (χ3n) is 7.17. The molecule has 1 atom stereocenters. The van der Waals surface area contributed by atoms with E-state index in [2.05, 4.69) is 40.3 Å². The lowest BCUT2D eigenvalue weighted by atomic mass is 10.1. The topological polar surface area (TPSA) is 63.1 Å². The van der Waals surface area contributed by atoms with E-state index in [4.69, 9.17) is 0 Å². The van der Waals surface area contributed by atoms with Gasteiger partial charge < -0.3 is 15.2 Å². The molecule has 2 N–H and O–H groups in total. The van der Waals surface area contributed by atoms with Crippen LogP contribution < -0.4 is 10.6 Å². The molecule has 1 aromatic heterocycles. The fraction of sp³-hybridized carbons (Fsp3) is 0.0857. The molecule has 0 aliphatic carbocycles. The minimum Gasteiger partial charge on any atom is -0.341 e. The monoisotopic (exact) mass is 573 g/mol. The van der Waals surface area contributed by atoms with Crippen molar-refractivity contribution in [2.24, 2.45) is 0 Å². The number of benzene rings is 5. The first kappa shape index (κ1) is 27.3. The first-order valence-electron chi connectivity index (χ1n) is 13.7. The third kappa shape index (κ3) is 5.64. The largest absolute Gasteiger partial charge is 0.341 e. The number of carbonyl (C=O) groups is 2. The average molecular weight is 574 g/mol. The number of hydrogen-bond acceptors (Lipinski definition) is 3. The molecule has 0 bridgehead atoms. The first-order valence-corrected chi connectivity index (χ1v) is 14.6. The molecule has 0 saturated carbocycles. The number of anilines is 2. The minimum absolute atomic E-state index is 0.126. The van der Waals surface area contributed by atoms with E-state index in [0.717, 1.165) is 39.0 Å². The quantitative estimate of drug-likeness (QED) is 0.179. The summed E-state index contributed by atoms with van der Waals surface area (Å²) >= 11 is 1.44. The first-order chi connectivity index (χ1) is 20.5. The van der Waals surface area contributed by atoms with Gasteiger partial charge in [0.15, 0.2) is 0 Å². The Morgan fingerprint density at radius 2 is 1.40 bits per heavy atom. The lowest BCUT2D eigenvalue weighted by molar-refractivity contribution is -0.115. The highest BCUT2D eigenvalue weighted by Crippen LogP contribution is 2.37. The zero-order valence-electron chi connectivity index (χ0n) is 22.9. The normalized spacial score (nSPS) is 11.9. The number of aryl methyl sites for hydroxylation is 1. The molecule has 5 aromatic carbocycles. The van der Waals surface area contributed by atoms with Gasteiger partial charge in [-0.1, -0.05) is 48.5 Å². The summed E-state index contributed by atoms with van der Waals surface area (Å²) in [6.07, 6.45) is 0. The van der Waals surface area contributed by atoms with Crippen LogP contribution in [-0.2, 0) is 11.3 Å². The molecule has 5 nitrogen and oxygen atoms in total. The summed E-state index contributed by atoms with van der Waals surface area (Å²) in [6, 6.07) is 36.8. The van der Waals surface area contributed by atoms with Crippen LogP contribution in [-0.4, -0.2) is 16.4 Å². The van der Waals surface area contributed by atoms with Crippen LogP contribution in [0.5, 0.6) is 0 Å². The van der Waals surface area contributed by atoms with Gasteiger partial charge in [0.25, 0.3) is 5.91 Å². The van der Waals surface area contributed by atoms with Crippen LogP contribution in [0.2, 0.25) is 0 Å². The Morgan fingerprint density at radius 3 is 2.14 bits per heavy atom. The summed E-state index contributed by atoms with van der Waals surface area (Å²) in [5.41, 5.74) is 4.91. The number of carbonyl (C=O) groups excluding carboxylic acids is 2. The molecule has 208 valence electrons.